The van der Waals surface area contributed by atoms with Gasteiger partial charge >= 0.3 is 0 Å². The van der Waals surface area contributed by atoms with Crippen LogP contribution in [0.5, 0.6) is 0 Å². The molecule has 20 heavy (non-hydrogen) atoms. The van der Waals surface area contributed by atoms with Gasteiger partial charge in [0, 0.05) is 19.3 Å². The molecule has 2 N–H and O–H groups in total. The number of nitrogens with zero attached hydrogens (tertiary/aromatic N) is 3. The van der Waals surface area contributed by atoms with Crippen molar-refractivity contribution in [2.75, 3.05) is 25.4 Å². The first-order valence-electron chi connectivity index (χ1n) is 6.63. The SMILES string of the molecule is CC(C)(C)OC=O.Nc1cnn(CC23CN2CCO3)c1. The normalized spacial score (nSPS) is 27.2. The summed E-state index contributed by atoms with van der Waals surface area (Å²) in [5.74, 6) is 0. The van der Waals surface area contributed by atoms with Crippen LogP contribution in [-0.2, 0) is 20.8 Å². The summed E-state index contributed by atoms with van der Waals surface area (Å²) < 4.78 is 12.0. The molecule has 0 spiro atoms. The molecule has 7 heteroatoms. The predicted molar refractivity (Wildman–Crippen MR) is 73.8 cm³/mol. The molecule has 112 valence electrons. The zero-order valence-electron chi connectivity index (χ0n) is 12.2. The van der Waals surface area contributed by atoms with Gasteiger partial charge in [-0.1, -0.05) is 0 Å². The summed E-state index contributed by atoms with van der Waals surface area (Å²) in [6.07, 6.45) is 3.51. The highest BCUT2D eigenvalue weighted by molar-refractivity contribution is 5.37. The minimum Gasteiger partial charge on any atom is -0.462 e. The maximum atomic E-state index is 9.60. The number of hydrogen-bond donors (Lipinski definition) is 1. The van der Waals surface area contributed by atoms with E-state index in [2.05, 4.69) is 14.7 Å². The monoisotopic (exact) mass is 282 g/mol. The first-order chi connectivity index (χ1) is 9.35. The van der Waals surface area contributed by atoms with Crippen LogP contribution in [0.25, 0.3) is 0 Å². The number of fused-ring (bicyclic) bond motifs is 1. The molecule has 0 saturated carbocycles. The number of ether oxygens (including phenoxy) is 2. The fourth-order valence-corrected chi connectivity index (χ4v) is 2.09. The molecule has 0 bridgehead atoms. The summed E-state index contributed by atoms with van der Waals surface area (Å²) in [5.41, 5.74) is 5.92. The highest BCUT2D eigenvalue weighted by Crippen LogP contribution is 2.39. The summed E-state index contributed by atoms with van der Waals surface area (Å²) in [7, 11) is 0. The van der Waals surface area contributed by atoms with Gasteiger partial charge in [0.15, 0.2) is 5.72 Å². The lowest BCUT2D eigenvalue weighted by atomic mass is 10.2. The Hall–Kier alpha value is -1.60. The first-order valence-corrected chi connectivity index (χ1v) is 6.63. The number of carbonyl (C=O) groups is 1. The van der Waals surface area contributed by atoms with Crippen molar-refractivity contribution in [2.24, 2.45) is 0 Å². The Bertz CT molecular complexity index is 468. The minimum atomic E-state index is -0.318. The lowest BCUT2D eigenvalue weighted by Gasteiger charge is -2.14. The summed E-state index contributed by atoms with van der Waals surface area (Å²) >= 11 is 0. The van der Waals surface area contributed by atoms with Crippen LogP contribution >= 0.6 is 0 Å². The molecular formula is C13H22N4O3. The minimum absolute atomic E-state index is 0.0432. The fraction of sp³-hybridized carbons (Fsp3) is 0.692. The van der Waals surface area contributed by atoms with Crippen LogP contribution in [0.4, 0.5) is 5.69 Å². The van der Waals surface area contributed by atoms with Crippen LogP contribution in [0.3, 0.4) is 0 Å². The Kier molecular flexibility index (Phi) is 4.01. The van der Waals surface area contributed by atoms with Gasteiger partial charge in [-0.15, -0.1) is 0 Å². The number of aromatic nitrogens is 2. The second-order valence-electron chi connectivity index (χ2n) is 6.01. The smallest absolute Gasteiger partial charge is 0.293 e. The zero-order chi connectivity index (χ0) is 14.8. The second kappa shape index (κ2) is 5.41. The van der Waals surface area contributed by atoms with Gasteiger partial charge in [0.2, 0.25) is 0 Å². The van der Waals surface area contributed by atoms with Gasteiger partial charge < -0.3 is 15.2 Å². The standard InChI is InChI=1S/C8H12N4O.C5H10O2/c9-7-3-10-12(4-7)6-8-5-11(8)1-2-13-8;1-5(2,3)7-4-6/h3-4H,1-2,5-6,9H2;4H,1-3H3. The maximum Gasteiger partial charge on any atom is 0.293 e. The van der Waals surface area contributed by atoms with E-state index in [1.54, 1.807) is 6.20 Å². The summed E-state index contributed by atoms with van der Waals surface area (Å²) in [6.45, 7) is 9.65. The van der Waals surface area contributed by atoms with Crippen LogP contribution in [0.15, 0.2) is 12.4 Å². The Morgan fingerprint density at radius 2 is 2.35 bits per heavy atom. The number of nitrogen functional groups attached to an aromatic ring is 1. The van der Waals surface area contributed by atoms with E-state index in [1.165, 1.54) is 0 Å². The highest BCUT2D eigenvalue weighted by Gasteiger charge is 2.57. The first kappa shape index (κ1) is 14.8. The Morgan fingerprint density at radius 3 is 2.70 bits per heavy atom. The maximum absolute atomic E-state index is 9.60. The molecule has 2 saturated heterocycles. The van der Waals surface area contributed by atoms with Crippen molar-refractivity contribution in [1.29, 1.82) is 0 Å². The lowest BCUT2D eigenvalue weighted by Crippen LogP contribution is -2.23. The van der Waals surface area contributed by atoms with Crippen molar-refractivity contribution >= 4 is 12.2 Å². The van der Waals surface area contributed by atoms with Crippen LogP contribution in [0, 0.1) is 0 Å². The summed E-state index contributed by atoms with van der Waals surface area (Å²) in [6, 6.07) is 0. The number of anilines is 1. The highest BCUT2D eigenvalue weighted by atomic mass is 16.6. The molecule has 3 heterocycles. The molecule has 2 atom stereocenters. The molecule has 2 aliphatic rings. The molecule has 2 fully saturated rings. The zero-order valence-corrected chi connectivity index (χ0v) is 12.2. The summed E-state index contributed by atoms with van der Waals surface area (Å²) in [5, 5.41) is 4.14. The average molecular weight is 282 g/mol. The molecule has 3 rings (SSSR count). The number of nitrogens with two attached hydrogens (primary N) is 1. The van der Waals surface area contributed by atoms with Gasteiger partial charge in [-0.25, -0.2) is 0 Å². The van der Waals surface area contributed by atoms with E-state index in [-0.39, 0.29) is 11.3 Å². The van der Waals surface area contributed by atoms with Gasteiger partial charge in [-0.3, -0.25) is 14.4 Å². The third kappa shape index (κ3) is 3.71. The van der Waals surface area contributed by atoms with Gasteiger partial charge in [0.1, 0.15) is 5.60 Å². The van der Waals surface area contributed by atoms with Crippen molar-refractivity contribution in [1.82, 2.24) is 14.7 Å². The molecular weight excluding hydrogens is 260 g/mol. The van der Waals surface area contributed by atoms with Crippen molar-refractivity contribution in [3.05, 3.63) is 12.4 Å². The number of morpholine rings is 1. The molecule has 2 aliphatic heterocycles. The molecule has 1 aromatic rings. The topological polar surface area (TPSA) is 82.4 Å². The third-order valence-corrected chi connectivity index (χ3v) is 3.11. The Labute approximate surface area is 118 Å². The van der Waals surface area contributed by atoms with Crippen LogP contribution in [-0.4, -0.2) is 52.2 Å². The molecule has 1 aromatic heterocycles. The van der Waals surface area contributed by atoms with Gasteiger partial charge in [0.05, 0.1) is 25.0 Å². The number of hydrogen-bond acceptors (Lipinski definition) is 6. The van der Waals surface area contributed by atoms with E-state index < -0.39 is 0 Å². The van der Waals surface area contributed by atoms with Crippen LogP contribution in [0.2, 0.25) is 0 Å². The van der Waals surface area contributed by atoms with Gasteiger partial charge in [0.25, 0.3) is 6.47 Å². The van der Waals surface area contributed by atoms with Crippen LogP contribution in [0.1, 0.15) is 20.8 Å². The van der Waals surface area contributed by atoms with Crippen molar-refractivity contribution in [3.8, 4) is 0 Å². The van der Waals surface area contributed by atoms with Gasteiger partial charge in [-0.05, 0) is 20.8 Å². The predicted octanol–water partition coefficient (Wildman–Crippen LogP) is 0.465. The van der Waals surface area contributed by atoms with Crippen molar-refractivity contribution in [3.63, 3.8) is 0 Å². The van der Waals surface area contributed by atoms with E-state index >= 15 is 0 Å². The quantitative estimate of drug-likeness (QED) is 0.641. The van der Waals surface area contributed by atoms with E-state index in [0.717, 1.165) is 26.2 Å². The van der Waals surface area contributed by atoms with E-state index in [9.17, 15) is 4.79 Å². The number of rotatable bonds is 3. The average Bonchev–Trinajstić information content (AvgIpc) is 2.67. The van der Waals surface area contributed by atoms with E-state index in [4.69, 9.17) is 10.5 Å². The molecule has 2 unspecified atom stereocenters. The van der Waals surface area contributed by atoms with Crippen LogP contribution < -0.4 is 5.73 Å². The molecule has 0 amide bonds. The third-order valence-electron chi connectivity index (χ3n) is 3.11. The Balaban J connectivity index is 0.000000182. The summed E-state index contributed by atoms with van der Waals surface area (Å²) in [4.78, 5) is 11.9. The largest absolute Gasteiger partial charge is 0.462 e. The van der Waals surface area contributed by atoms with Gasteiger partial charge in [-0.2, -0.15) is 5.10 Å². The van der Waals surface area contributed by atoms with E-state index in [0.29, 0.717) is 12.2 Å². The molecule has 7 nitrogen and oxygen atoms in total. The Morgan fingerprint density at radius 1 is 1.60 bits per heavy atom. The fourth-order valence-electron chi connectivity index (χ4n) is 2.09. The molecule has 0 aliphatic carbocycles. The number of carbonyl (C=O) groups excluding carboxylic acids is 1. The lowest BCUT2D eigenvalue weighted by molar-refractivity contribution is -0.138. The second-order valence-corrected chi connectivity index (χ2v) is 6.01. The molecule has 0 aromatic carbocycles. The molecule has 0 radical (unpaired) electrons. The van der Waals surface area contributed by atoms with Crippen molar-refractivity contribution in [2.45, 2.75) is 38.6 Å². The van der Waals surface area contributed by atoms with Crippen molar-refractivity contribution < 1.29 is 14.3 Å². The van der Waals surface area contributed by atoms with E-state index in [1.807, 2.05) is 31.6 Å².